The smallest absolute Gasteiger partial charge is 0.262 e. The number of carbonyl (C=O) groups excluding carboxylic acids is 1. The highest BCUT2D eigenvalue weighted by atomic mass is 32.2. The Morgan fingerprint density at radius 1 is 1.17 bits per heavy atom. The van der Waals surface area contributed by atoms with Gasteiger partial charge in [0.15, 0.2) is 11.5 Å². The standard InChI is InChI=1S/C23H26N8O3S/c1-15-5-6-20(26-16(15)2)31-21(27-23(32)18-14-25-30-10-4-9-24-22(18)30)13-19(28-31)17-7-11-29(12-8-17)35(3,33)34/h4-6,9-10,13-14,17H,7-8,11-12H2,1-3H3,(H,27,32). The minimum Gasteiger partial charge on any atom is -0.306 e. The van der Waals surface area contributed by atoms with Crippen molar-refractivity contribution in [2.45, 2.75) is 32.6 Å². The van der Waals surface area contributed by atoms with Crippen LogP contribution in [0.1, 0.15) is 46.1 Å². The normalized spacial score (nSPS) is 15.5. The van der Waals surface area contributed by atoms with E-state index in [-0.39, 0.29) is 11.8 Å². The van der Waals surface area contributed by atoms with Gasteiger partial charge in [-0.3, -0.25) is 4.79 Å². The molecule has 0 spiro atoms. The third-order valence-corrected chi connectivity index (χ3v) is 7.69. The molecule has 1 amide bonds. The Bertz CT molecular complexity index is 1520. The number of carbonyl (C=O) groups is 1. The topological polar surface area (TPSA) is 127 Å². The SMILES string of the molecule is Cc1ccc(-n2nc(C3CCN(S(C)(=O)=O)CC3)cc2NC(=O)c2cnn3cccnc23)nc1C. The summed E-state index contributed by atoms with van der Waals surface area (Å²) in [5, 5.41) is 11.9. The van der Waals surface area contributed by atoms with E-state index in [2.05, 4.69) is 20.4 Å². The molecule has 0 aliphatic carbocycles. The van der Waals surface area contributed by atoms with Gasteiger partial charge in [-0.2, -0.15) is 14.9 Å². The van der Waals surface area contributed by atoms with Crippen molar-refractivity contribution in [3.63, 3.8) is 0 Å². The first-order valence-electron chi connectivity index (χ1n) is 11.3. The van der Waals surface area contributed by atoms with Gasteiger partial charge < -0.3 is 5.32 Å². The summed E-state index contributed by atoms with van der Waals surface area (Å²) in [6.07, 6.45) is 7.35. The van der Waals surface area contributed by atoms with E-state index in [1.165, 1.54) is 21.3 Å². The van der Waals surface area contributed by atoms with E-state index in [9.17, 15) is 13.2 Å². The zero-order chi connectivity index (χ0) is 24.7. The third-order valence-electron chi connectivity index (χ3n) is 6.39. The van der Waals surface area contributed by atoms with E-state index in [0.29, 0.717) is 48.8 Å². The van der Waals surface area contributed by atoms with Crippen molar-refractivity contribution in [3.8, 4) is 5.82 Å². The minimum absolute atomic E-state index is 0.0649. The average molecular weight is 495 g/mol. The predicted octanol–water partition coefficient (Wildman–Crippen LogP) is 2.32. The molecule has 35 heavy (non-hydrogen) atoms. The maximum atomic E-state index is 13.2. The molecule has 182 valence electrons. The highest BCUT2D eigenvalue weighted by molar-refractivity contribution is 7.88. The van der Waals surface area contributed by atoms with Gasteiger partial charge in [0.2, 0.25) is 10.0 Å². The van der Waals surface area contributed by atoms with Crippen molar-refractivity contribution in [3.05, 3.63) is 65.4 Å². The van der Waals surface area contributed by atoms with Crippen LogP contribution in [0.5, 0.6) is 0 Å². The number of hydrogen-bond donors (Lipinski definition) is 1. The molecule has 0 atom stereocenters. The zero-order valence-corrected chi connectivity index (χ0v) is 20.5. The Balaban J connectivity index is 1.48. The van der Waals surface area contributed by atoms with Gasteiger partial charge in [-0.05, 0) is 44.4 Å². The third kappa shape index (κ3) is 4.54. The fourth-order valence-corrected chi connectivity index (χ4v) is 5.13. The van der Waals surface area contributed by atoms with Gasteiger partial charge in [-0.1, -0.05) is 6.07 Å². The molecular formula is C23H26N8O3S. The molecule has 0 bridgehead atoms. The first-order valence-corrected chi connectivity index (χ1v) is 13.1. The van der Waals surface area contributed by atoms with Crippen LogP contribution in [-0.2, 0) is 10.0 Å². The first kappa shape index (κ1) is 23.1. The van der Waals surface area contributed by atoms with Crippen molar-refractivity contribution >= 4 is 27.4 Å². The number of anilines is 1. The Morgan fingerprint density at radius 3 is 2.66 bits per heavy atom. The molecule has 1 aliphatic rings. The lowest BCUT2D eigenvalue weighted by Gasteiger charge is -2.29. The molecule has 0 radical (unpaired) electrons. The largest absolute Gasteiger partial charge is 0.306 e. The van der Waals surface area contributed by atoms with Gasteiger partial charge in [0.25, 0.3) is 5.91 Å². The lowest BCUT2D eigenvalue weighted by atomic mass is 9.95. The number of nitrogens with one attached hydrogen (secondary N) is 1. The Labute approximate surface area is 202 Å². The van der Waals surface area contributed by atoms with E-state index in [1.54, 1.807) is 23.1 Å². The number of aryl methyl sites for hydroxylation is 2. The van der Waals surface area contributed by atoms with Gasteiger partial charge >= 0.3 is 0 Å². The van der Waals surface area contributed by atoms with E-state index >= 15 is 0 Å². The quantitative estimate of drug-likeness (QED) is 0.451. The second-order valence-electron chi connectivity index (χ2n) is 8.77. The minimum atomic E-state index is -3.22. The Hall–Kier alpha value is -3.64. The van der Waals surface area contributed by atoms with Crippen molar-refractivity contribution in [1.82, 2.24) is 33.7 Å². The van der Waals surface area contributed by atoms with E-state index in [0.717, 1.165) is 17.0 Å². The highest BCUT2D eigenvalue weighted by Gasteiger charge is 2.28. The Kier molecular flexibility index (Phi) is 5.85. The summed E-state index contributed by atoms with van der Waals surface area (Å²) in [5.74, 6) is 0.764. The fraction of sp³-hybridized carbons (Fsp3) is 0.348. The molecule has 1 N–H and O–H groups in total. The molecule has 4 aromatic heterocycles. The lowest BCUT2D eigenvalue weighted by molar-refractivity contribution is 0.102. The van der Waals surface area contributed by atoms with Crippen molar-refractivity contribution in [2.24, 2.45) is 0 Å². The number of nitrogens with zero attached hydrogens (tertiary/aromatic N) is 7. The molecule has 0 saturated carbocycles. The van der Waals surface area contributed by atoms with Crippen molar-refractivity contribution in [2.75, 3.05) is 24.7 Å². The Morgan fingerprint density at radius 2 is 1.94 bits per heavy atom. The molecule has 5 rings (SSSR count). The van der Waals surface area contributed by atoms with Gasteiger partial charge in [-0.25, -0.2) is 27.2 Å². The predicted molar refractivity (Wildman–Crippen MR) is 130 cm³/mol. The van der Waals surface area contributed by atoms with Crippen molar-refractivity contribution < 1.29 is 13.2 Å². The number of rotatable bonds is 5. The zero-order valence-electron chi connectivity index (χ0n) is 19.7. The molecule has 4 aromatic rings. The van der Waals surface area contributed by atoms with Crippen LogP contribution in [0.2, 0.25) is 0 Å². The summed E-state index contributed by atoms with van der Waals surface area (Å²) >= 11 is 0. The number of aromatic nitrogens is 6. The van der Waals surface area contributed by atoms with E-state index in [4.69, 9.17) is 5.10 Å². The second-order valence-corrected chi connectivity index (χ2v) is 10.8. The number of sulfonamides is 1. The molecule has 12 heteroatoms. The summed E-state index contributed by atoms with van der Waals surface area (Å²) in [6, 6.07) is 7.40. The molecule has 0 unspecified atom stereocenters. The number of piperidine rings is 1. The van der Waals surface area contributed by atoms with Gasteiger partial charge in [0.1, 0.15) is 11.4 Å². The molecule has 5 heterocycles. The van der Waals surface area contributed by atoms with E-state index < -0.39 is 10.0 Å². The summed E-state index contributed by atoms with van der Waals surface area (Å²) in [5.41, 5.74) is 3.50. The maximum absolute atomic E-state index is 13.2. The monoisotopic (exact) mass is 494 g/mol. The summed E-state index contributed by atoms with van der Waals surface area (Å²) < 4.78 is 28.5. The first-order chi connectivity index (χ1) is 16.7. The van der Waals surface area contributed by atoms with Crippen LogP contribution in [0.4, 0.5) is 5.82 Å². The summed E-state index contributed by atoms with van der Waals surface area (Å²) in [6.45, 7) is 4.78. The number of fused-ring (bicyclic) bond motifs is 1. The van der Waals surface area contributed by atoms with Gasteiger partial charge in [0, 0.05) is 43.2 Å². The van der Waals surface area contributed by atoms with Gasteiger partial charge in [-0.15, -0.1) is 0 Å². The average Bonchev–Trinajstić information content (AvgIpc) is 3.45. The van der Waals surface area contributed by atoms with Crippen LogP contribution in [0, 0.1) is 13.8 Å². The number of pyridine rings is 1. The van der Waals surface area contributed by atoms with Crippen LogP contribution in [0.3, 0.4) is 0 Å². The maximum Gasteiger partial charge on any atom is 0.262 e. The second kappa shape index (κ2) is 8.86. The summed E-state index contributed by atoms with van der Waals surface area (Å²) in [4.78, 5) is 22.1. The van der Waals surface area contributed by atoms with Gasteiger partial charge in [0.05, 0.1) is 18.1 Å². The molecular weight excluding hydrogens is 468 g/mol. The molecule has 11 nitrogen and oxygen atoms in total. The summed E-state index contributed by atoms with van der Waals surface area (Å²) in [7, 11) is -3.22. The van der Waals surface area contributed by atoms with Crippen LogP contribution < -0.4 is 5.32 Å². The van der Waals surface area contributed by atoms with Crippen LogP contribution in [0.15, 0.2) is 42.9 Å². The van der Waals surface area contributed by atoms with Crippen molar-refractivity contribution in [1.29, 1.82) is 0 Å². The van der Waals surface area contributed by atoms with Crippen LogP contribution in [0.25, 0.3) is 11.5 Å². The number of hydrogen-bond acceptors (Lipinski definition) is 7. The fourth-order valence-electron chi connectivity index (χ4n) is 4.25. The van der Waals surface area contributed by atoms with E-state index in [1.807, 2.05) is 32.0 Å². The molecule has 1 fully saturated rings. The highest BCUT2D eigenvalue weighted by Crippen LogP contribution is 2.31. The molecule has 1 aliphatic heterocycles. The molecule has 1 saturated heterocycles. The molecule has 0 aromatic carbocycles. The lowest BCUT2D eigenvalue weighted by Crippen LogP contribution is -2.37. The van der Waals surface area contributed by atoms with Crippen LogP contribution >= 0.6 is 0 Å². The van der Waals surface area contributed by atoms with Crippen LogP contribution in [-0.4, -0.2) is 67.3 Å². The number of amides is 1.